The quantitative estimate of drug-likeness (QED) is 0.391. The molecule has 0 heterocycles. The van der Waals surface area contributed by atoms with Gasteiger partial charge in [0, 0.05) is 12.2 Å². The van der Waals surface area contributed by atoms with Gasteiger partial charge < -0.3 is 9.53 Å². The van der Waals surface area contributed by atoms with Crippen molar-refractivity contribution in [2.75, 3.05) is 5.75 Å². The molecule has 1 atom stereocenters. The zero-order chi connectivity index (χ0) is 17.0. The van der Waals surface area contributed by atoms with Crippen molar-refractivity contribution in [2.24, 2.45) is 0 Å². The smallest absolute Gasteiger partial charge is 0.323 e. The third kappa shape index (κ3) is 6.42. The highest BCUT2D eigenvalue weighted by Gasteiger charge is 2.17. The first-order chi connectivity index (χ1) is 11.8. The fraction of sp³-hybridized carbons (Fsp3) is 0.200. The van der Waals surface area contributed by atoms with E-state index >= 15 is 0 Å². The van der Waals surface area contributed by atoms with Crippen LogP contribution >= 0.6 is 11.8 Å². The van der Waals surface area contributed by atoms with Crippen LogP contribution in [0.25, 0.3) is 6.08 Å². The van der Waals surface area contributed by atoms with Crippen LogP contribution in [-0.4, -0.2) is 23.3 Å². The van der Waals surface area contributed by atoms with E-state index < -0.39 is 5.25 Å². The molecule has 0 saturated carbocycles. The van der Waals surface area contributed by atoms with Crippen molar-refractivity contribution in [2.45, 2.75) is 18.3 Å². The van der Waals surface area contributed by atoms with Crippen molar-refractivity contribution >= 4 is 30.1 Å². The molecule has 24 heavy (non-hydrogen) atoms. The van der Waals surface area contributed by atoms with Crippen molar-refractivity contribution in [3.63, 3.8) is 0 Å². The molecule has 0 N–H and O–H groups in total. The van der Waals surface area contributed by atoms with Crippen LogP contribution in [0.5, 0.6) is 0 Å². The molecule has 2 aromatic carbocycles. The van der Waals surface area contributed by atoms with Crippen molar-refractivity contribution in [1.82, 2.24) is 0 Å². The second-order valence-electron chi connectivity index (χ2n) is 5.11. The summed E-state index contributed by atoms with van der Waals surface area (Å²) in [7, 11) is 0. The van der Waals surface area contributed by atoms with Gasteiger partial charge in [-0.25, -0.2) is 0 Å². The number of benzene rings is 2. The third-order valence-corrected chi connectivity index (χ3v) is 4.43. The Morgan fingerprint density at radius 3 is 2.38 bits per heavy atom. The first kappa shape index (κ1) is 18.0. The second kappa shape index (κ2) is 10.4. The molecular formula is C20H20O3S. The molecule has 124 valence electrons. The van der Waals surface area contributed by atoms with E-state index in [1.165, 1.54) is 11.8 Å². The maximum atomic E-state index is 12.3. The molecule has 1 unspecified atom stereocenters. The summed E-state index contributed by atoms with van der Waals surface area (Å²) in [6, 6.07) is 19.4. The molecule has 0 fully saturated rings. The van der Waals surface area contributed by atoms with Crippen molar-refractivity contribution in [3.8, 4) is 0 Å². The minimum Gasteiger partial charge on any atom is -0.460 e. The summed E-state index contributed by atoms with van der Waals surface area (Å²) in [5, 5.41) is -0.422. The molecule has 4 heteroatoms. The first-order valence-corrected chi connectivity index (χ1v) is 8.83. The van der Waals surface area contributed by atoms with E-state index in [1.54, 1.807) is 0 Å². The molecule has 0 aromatic heterocycles. The van der Waals surface area contributed by atoms with Crippen molar-refractivity contribution in [3.05, 3.63) is 77.9 Å². The average Bonchev–Trinajstić information content (AvgIpc) is 2.64. The Kier molecular flexibility index (Phi) is 7.84. The van der Waals surface area contributed by atoms with Gasteiger partial charge in [-0.1, -0.05) is 72.8 Å². The van der Waals surface area contributed by atoms with Gasteiger partial charge in [-0.05, 0) is 11.1 Å². The monoisotopic (exact) mass is 340 g/mol. The molecule has 2 aromatic rings. The molecule has 3 nitrogen and oxygen atoms in total. The molecule has 2 rings (SSSR count). The molecule has 0 saturated heterocycles. The number of esters is 1. The van der Waals surface area contributed by atoms with Crippen LogP contribution in [0.3, 0.4) is 0 Å². The van der Waals surface area contributed by atoms with E-state index in [-0.39, 0.29) is 12.6 Å². The highest BCUT2D eigenvalue weighted by Crippen LogP contribution is 2.18. The minimum atomic E-state index is -0.422. The zero-order valence-electron chi connectivity index (χ0n) is 13.3. The van der Waals surface area contributed by atoms with Gasteiger partial charge in [0.05, 0.1) is 0 Å². The van der Waals surface area contributed by atoms with E-state index in [0.29, 0.717) is 12.2 Å². The van der Waals surface area contributed by atoms with Crippen LogP contribution in [0.15, 0.2) is 66.7 Å². The summed E-state index contributed by atoms with van der Waals surface area (Å²) in [6.07, 6.45) is 5.02. The SMILES string of the molecule is O=CCCSC(/C=C/c1ccccc1)C(=O)OCc1ccccc1. The highest BCUT2D eigenvalue weighted by atomic mass is 32.2. The molecule has 0 spiro atoms. The van der Waals surface area contributed by atoms with E-state index in [9.17, 15) is 9.59 Å². The van der Waals surface area contributed by atoms with E-state index in [4.69, 9.17) is 4.74 Å². The van der Waals surface area contributed by atoms with Crippen LogP contribution in [0.4, 0.5) is 0 Å². The molecular weight excluding hydrogens is 320 g/mol. The van der Waals surface area contributed by atoms with Gasteiger partial charge in [0.25, 0.3) is 0 Å². The van der Waals surface area contributed by atoms with Crippen molar-refractivity contribution < 1.29 is 14.3 Å². The minimum absolute atomic E-state index is 0.254. The number of rotatable bonds is 9. The van der Waals surface area contributed by atoms with Crippen molar-refractivity contribution in [1.29, 1.82) is 0 Å². The largest absolute Gasteiger partial charge is 0.460 e. The average molecular weight is 340 g/mol. The van der Waals surface area contributed by atoms with E-state index in [1.807, 2.05) is 72.8 Å². The zero-order valence-corrected chi connectivity index (χ0v) is 14.2. The Balaban J connectivity index is 1.97. The second-order valence-corrected chi connectivity index (χ2v) is 6.36. The Labute approximate surface area is 146 Å². The van der Waals surface area contributed by atoms with Gasteiger partial charge in [-0.2, -0.15) is 0 Å². The van der Waals surface area contributed by atoms with Gasteiger partial charge in [0.2, 0.25) is 0 Å². The van der Waals surface area contributed by atoms with Gasteiger partial charge in [-0.3, -0.25) is 4.79 Å². The number of aldehydes is 1. The molecule has 0 radical (unpaired) electrons. The number of carbonyl (C=O) groups excluding carboxylic acids is 2. The van der Waals surface area contributed by atoms with Crippen LogP contribution in [0.1, 0.15) is 17.5 Å². The number of thioether (sulfide) groups is 1. The maximum absolute atomic E-state index is 12.3. The van der Waals surface area contributed by atoms with Gasteiger partial charge in [-0.15, -0.1) is 11.8 Å². The molecule has 0 aliphatic rings. The molecule has 0 aliphatic heterocycles. The fourth-order valence-electron chi connectivity index (χ4n) is 2.02. The lowest BCUT2D eigenvalue weighted by molar-refractivity contribution is -0.143. The Morgan fingerprint density at radius 2 is 1.71 bits per heavy atom. The van der Waals surface area contributed by atoms with E-state index in [2.05, 4.69) is 0 Å². The summed E-state index contributed by atoms with van der Waals surface area (Å²) >= 11 is 1.42. The Hall–Kier alpha value is -2.33. The van der Waals surface area contributed by atoms with Crippen LogP contribution in [0, 0.1) is 0 Å². The van der Waals surface area contributed by atoms with Crippen LogP contribution in [0.2, 0.25) is 0 Å². The predicted octanol–water partition coefficient (Wildman–Crippen LogP) is 4.13. The summed E-state index contributed by atoms with van der Waals surface area (Å²) in [5.41, 5.74) is 1.98. The number of hydrogen-bond donors (Lipinski definition) is 0. The Bertz CT molecular complexity index is 653. The van der Waals surface area contributed by atoms with Gasteiger partial charge in [0.15, 0.2) is 0 Å². The van der Waals surface area contributed by atoms with Gasteiger partial charge >= 0.3 is 5.97 Å². The molecule has 0 amide bonds. The third-order valence-electron chi connectivity index (χ3n) is 3.25. The summed E-state index contributed by atoms with van der Waals surface area (Å²) in [6.45, 7) is 0.254. The maximum Gasteiger partial charge on any atom is 0.323 e. The summed E-state index contributed by atoms with van der Waals surface area (Å²) < 4.78 is 5.41. The lowest BCUT2D eigenvalue weighted by atomic mass is 10.2. The summed E-state index contributed by atoms with van der Waals surface area (Å²) in [4.78, 5) is 22.8. The summed E-state index contributed by atoms with van der Waals surface area (Å²) in [5.74, 6) is 0.301. The predicted molar refractivity (Wildman–Crippen MR) is 98.6 cm³/mol. The van der Waals surface area contributed by atoms with Crippen LogP contribution < -0.4 is 0 Å². The topological polar surface area (TPSA) is 43.4 Å². The lowest BCUT2D eigenvalue weighted by Crippen LogP contribution is -2.18. The normalized spacial score (nSPS) is 12.0. The van der Waals surface area contributed by atoms with E-state index in [0.717, 1.165) is 17.4 Å². The first-order valence-electron chi connectivity index (χ1n) is 7.78. The van der Waals surface area contributed by atoms with Gasteiger partial charge in [0.1, 0.15) is 18.1 Å². The molecule has 0 bridgehead atoms. The lowest BCUT2D eigenvalue weighted by Gasteiger charge is -2.12. The number of carbonyl (C=O) groups is 2. The number of ether oxygens (including phenoxy) is 1. The molecule has 0 aliphatic carbocycles. The fourth-order valence-corrected chi connectivity index (χ4v) is 2.90. The van der Waals surface area contributed by atoms with Crippen LogP contribution in [-0.2, 0) is 20.9 Å². The number of hydrogen-bond acceptors (Lipinski definition) is 4. The highest BCUT2D eigenvalue weighted by molar-refractivity contribution is 8.00. The standard InChI is InChI=1S/C20H20O3S/c21-14-7-15-24-19(13-12-17-8-3-1-4-9-17)20(22)23-16-18-10-5-2-6-11-18/h1-6,8-14,19H,7,15-16H2/b13-12+. The Morgan fingerprint density at radius 1 is 1.04 bits per heavy atom.